The monoisotopic (exact) mass is 199 g/mol. The van der Waals surface area contributed by atoms with E-state index in [1.54, 1.807) is 25.1 Å². The zero-order chi connectivity index (χ0) is 9.84. The fourth-order valence-corrected chi connectivity index (χ4v) is 0.914. The van der Waals surface area contributed by atoms with Gasteiger partial charge in [0.25, 0.3) is 0 Å². The number of nitrogens with two attached hydrogens (primary N) is 1. The first-order valence-electron chi connectivity index (χ1n) is 3.48. The smallest absolute Gasteiger partial charge is 0.223 e. The Labute approximate surface area is 78.0 Å². The van der Waals surface area contributed by atoms with Crippen LogP contribution >= 0.6 is 0 Å². The summed E-state index contributed by atoms with van der Waals surface area (Å²) in [7, 11) is 0. The van der Waals surface area contributed by atoms with Gasteiger partial charge in [0.05, 0.1) is 0 Å². The van der Waals surface area contributed by atoms with Gasteiger partial charge in [0.2, 0.25) is 16.2 Å². The van der Waals surface area contributed by atoms with E-state index in [4.69, 9.17) is 10.3 Å². The standard InChI is InChI=1S/C7H9N3O2S/c1-5-3-2-4-6(9-5)10-7(8)13(11)12/h2-4H,1H3,(H,11,12)(H2,8,9,10). The highest BCUT2D eigenvalue weighted by Gasteiger charge is 2.00. The second-order valence-electron chi connectivity index (χ2n) is 2.34. The molecule has 0 aromatic carbocycles. The SMILES string of the molecule is Cc1cccc(/N=C(/N)S(=O)O)n1. The summed E-state index contributed by atoms with van der Waals surface area (Å²) in [5, 5.41) is -0.349. The van der Waals surface area contributed by atoms with E-state index in [1.807, 2.05) is 0 Å². The van der Waals surface area contributed by atoms with Crippen molar-refractivity contribution in [2.75, 3.05) is 0 Å². The summed E-state index contributed by atoms with van der Waals surface area (Å²) >= 11 is -2.23. The lowest BCUT2D eigenvalue weighted by molar-refractivity contribution is 0.576. The van der Waals surface area contributed by atoms with Gasteiger partial charge in [-0.15, -0.1) is 0 Å². The summed E-state index contributed by atoms with van der Waals surface area (Å²) in [4.78, 5) is 7.64. The predicted molar refractivity (Wildman–Crippen MR) is 51.0 cm³/mol. The van der Waals surface area contributed by atoms with Crippen LogP contribution in [0.3, 0.4) is 0 Å². The minimum atomic E-state index is -2.23. The minimum Gasteiger partial charge on any atom is -0.374 e. The minimum absolute atomic E-state index is 0.333. The first-order chi connectivity index (χ1) is 6.09. The summed E-state index contributed by atoms with van der Waals surface area (Å²) in [5.74, 6) is 0.333. The molecule has 1 aromatic heterocycles. The average Bonchev–Trinajstić information content (AvgIpc) is 2.04. The number of rotatable bonds is 1. The molecule has 0 radical (unpaired) electrons. The van der Waals surface area contributed by atoms with Crippen molar-refractivity contribution in [3.63, 3.8) is 0 Å². The molecule has 0 fully saturated rings. The summed E-state index contributed by atoms with van der Waals surface area (Å²) < 4.78 is 19.0. The van der Waals surface area contributed by atoms with Crippen LogP contribution in [0.5, 0.6) is 0 Å². The predicted octanol–water partition coefficient (Wildman–Crippen LogP) is 0.558. The quantitative estimate of drug-likeness (QED) is 0.393. The molecule has 1 aromatic rings. The number of aryl methyl sites for hydroxylation is 1. The first kappa shape index (κ1) is 9.82. The number of hydrogen-bond acceptors (Lipinski definition) is 3. The van der Waals surface area contributed by atoms with Crippen molar-refractivity contribution < 1.29 is 8.76 Å². The molecule has 0 saturated heterocycles. The maximum atomic E-state index is 10.4. The van der Waals surface area contributed by atoms with Gasteiger partial charge in [-0.25, -0.2) is 14.2 Å². The van der Waals surface area contributed by atoms with Crippen LogP contribution in [0.1, 0.15) is 5.69 Å². The van der Waals surface area contributed by atoms with Gasteiger partial charge in [0, 0.05) is 5.69 Å². The average molecular weight is 199 g/mol. The Morgan fingerprint density at radius 1 is 1.69 bits per heavy atom. The fraction of sp³-hybridized carbons (Fsp3) is 0.143. The second-order valence-corrected chi connectivity index (χ2v) is 3.25. The van der Waals surface area contributed by atoms with Gasteiger partial charge >= 0.3 is 0 Å². The normalized spacial score (nSPS) is 14.2. The molecule has 0 bridgehead atoms. The highest BCUT2D eigenvalue weighted by atomic mass is 32.2. The van der Waals surface area contributed by atoms with Crippen LogP contribution in [0.15, 0.2) is 23.2 Å². The van der Waals surface area contributed by atoms with Crippen molar-refractivity contribution in [3.05, 3.63) is 23.9 Å². The third-order valence-electron chi connectivity index (χ3n) is 1.28. The molecule has 6 heteroatoms. The highest BCUT2D eigenvalue weighted by molar-refractivity contribution is 7.95. The lowest BCUT2D eigenvalue weighted by atomic mass is 10.4. The van der Waals surface area contributed by atoms with Crippen molar-refractivity contribution in [3.8, 4) is 0 Å². The molecule has 1 unspecified atom stereocenters. The highest BCUT2D eigenvalue weighted by Crippen LogP contribution is 2.07. The molecule has 1 rings (SSSR count). The van der Waals surface area contributed by atoms with Crippen molar-refractivity contribution in [1.82, 2.24) is 4.98 Å². The third-order valence-corrected chi connectivity index (χ3v) is 1.73. The van der Waals surface area contributed by atoms with Crippen LogP contribution in [0.25, 0.3) is 0 Å². The number of nitrogens with zero attached hydrogens (tertiary/aromatic N) is 2. The second kappa shape index (κ2) is 4.11. The van der Waals surface area contributed by atoms with Crippen molar-refractivity contribution in [2.45, 2.75) is 6.92 Å². The van der Waals surface area contributed by atoms with Crippen LogP contribution < -0.4 is 5.73 Å². The summed E-state index contributed by atoms with van der Waals surface area (Å²) in [6.45, 7) is 1.80. The van der Waals surface area contributed by atoms with Crippen LogP contribution in [-0.2, 0) is 11.1 Å². The van der Waals surface area contributed by atoms with Gasteiger partial charge < -0.3 is 5.73 Å². The molecular formula is C7H9N3O2S. The van der Waals surface area contributed by atoms with Crippen molar-refractivity contribution in [1.29, 1.82) is 0 Å². The Bertz CT molecular complexity index is 365. The molecule has 0 aliphatic heterocycles. The summed E-state index contributed by atoms with van der Waals surface area (Å²) in [6.07, 6.45) is 0. The lowest BCUT2D eigenvalue weighted by Crippen LogP contribution is -2.17. The molecule has 1 heterocycles. The van der Waals surface area contributed by atoms with Crippen LogP contribution in [0, 0.1) is 6.92 Å². The van der Waals surface area contributed by atoms with Crippen molar-refractivity contribution >= 4 is 22.1 Å². The maximum absolute atomic E-state index is 10.4. The molecular weight excluding hydrogens is 190 g/mol. The van der Waals surface area contributed by atoms with E-state index < -0.39 is 11.1 Å². The van der Waals surface area contributed by atoms with E-state index in [1.165, 1.54) is 0 Å². The summed E-state index contributed by atoms with van der Waals surface area (Å²) in [6, 6.07) is 5.15. The lowest BCUT2D eigenvalue weighted by Gasteiger charge is -1.95. The number of pyridine rings is 1. The zero-order valence-corrected chi connectivity index (χ0v) is 7.78. The van der Waals surface area contributed by atoms with Gasteiger partial charge in [0.15, 0.2) is 5.82 Å². The number of aromatic nitrogens is 1. The van der Waals surface area contributed by atoms with E-state index in [0.29, 0.717) is 5.82 Å². The Hall–Kier alpha value is -1.27. The topological polar surface area (TPSA) is 88.6 Å². The first-order valence-corrected chi connectivity index (χ1v) is 4.59. The van der Waals surface area contributed by atoms with Crippen LogP contribution in [0.4, 0.5) is 5.82 Å². The Kier molecular flexibility index (Phi) is 3.10. The largest absolute Gasteiger partial charge is 0.374 e. The van der Waals surface area contributed by atoms with Crippen LogP contribution in [-0.4, -0.2) is 18.9 Å². The zero-order valence-electron chi connectivity index (χ0n) is 6.97. The number of amidine groups is 1. The van der Waals surface area contributed by atoms with Crippen molar-refractivity contribution in [2.24, 2.45) is 10.7 Å². The maximum Gasteiger partial charge on any atom is 0.223 e. The molecule has 0 aliphatic carbocycles. The Morgan fingerprint density at radius 3 is 2.92 bits per heavy atom. The van der Waals surface area contributed by atoms with Gasteiger partial charge in [-0.2, -0.15) is 0 Å². The molecule has 3 N–H and O–H groups in total. The third kappa shape index (κ3) is 2.92. The fourth-order valence-electron chi connectivity index (χ4n) is 0.743. The van der Waals surface area contributed by atoms with E-state index in [0.717, 1.165) is 5.69 Å². The Morgan fingerprint density at radius 2 is 2.38 bits per heavy atom. The van der Waals surface area contributed by atoms with E-state index >= 15 is 0 Å². The van der Waals surface area contributed by atoms with Gasteiger partial charge in [0.1, 0.15) is 0 Å². The van der Waals surface area contributed by atoms with Crippen LogP contribution in [0.2, 0.25) is 0 Å². The van der Waals surface area contributed by atoms with E-state index in [2.05, 4.69) is 9.98 Å². The molecule has 13 heavy (non-hydrogen) atoms. The van der Waals surface area contributed by atoms with Gasteiger partial charge in [-0.05, 0) is 19.1 Å². The summed E-state index contributed by atoms with van der Waals surface area (Å²) in [5.41, 5.74) is 5.93. The van der Waals surface area contributed by atoms with Gasteiger partial charge in [-0.1, -0.05) is 6.07 Å². The number of hydrogen-bond donors (Lipinski definition) is 2. The molecule has 1 atom stereocenters. The number of aliphatic imine (C=N–C) groups is 1. The van der Waals surface area contributed by atoms with E-state index in [9.17, 15) is 4.21 Å². The molecule has 0 saturated carbocycles. The molecule has 70 valence electrons. The Balaban J connectivity index is 2.97. The molecule has 0 aliphatic rings. The molecule has 5 nitrogen and oxygen atoms in total. The molecule has 0 amide bonds. The molecule has 0 spiro atoms. The van der Waals surface area contributed by atoms with Gasteiger partial charge in [-0.3, -0.25) is 4.55 Å². The van der Waals surface area contributed by atoms with E-state index in [-0.39, 0.29) is 5.17 Å².